The molecule has 0 spiro atoms. The maximum Gasteiger partial charge on any atom is 0.408 e. The van der Waals surface area contributed by atoms with Crippen LogP contribution in [-0.4, -0.2) is 18.7 Å². The third-order valence-corrected chi connectivity index (χ3v) is 7.21. The molecule has 0 aromatic carbocycles. The van der Waals surface area contributed by atoms with Gasteiger partial charge in [-0.15, -0.1) is 6.42 Å². The first-order valence-corrected chi connectivity index (χ1v) is 9.83. The third-order valence-electron chi connectivity index (χ3n) is 7.21. The van der Waals surface area contributed by atoms with E-state index in [2.05, 4.69) is 17.3 Å². The number of nitrogens with one attached hydrogen (secondary N) is 1. The van der Waals surface area contributed by atoms with Crippen LogP contribution in [0.25, 0.3) is 0 Å². The summed E-state index contributed by atoms with van der Waals surface area (Å²) in [4.78, 5) is 11.7. The van der Waals surface area contributed by atoms with Gasteiger partial charge in [-0.2, -0.15) is 0 Å². The van der Waals surface area contributed by atoms with Gasteiger partial charge in [0.1, 0.15) is 6.10 Å². The molecule has 1 N–H and O–H groups in total. The predicted molar refractivity (Wildman–Crippen MR) is 94.2 cm³/mol. The Balaban J connectivity index is 1.39. The van der Waals surface area contributed by atoms with E-state index in [4.69, 9.17) is 11.2 Å². The fourth-order valence-corrected chi connectivity index (χ4v) is 6.27. The van der Waals surface area contributed by atoms with Crippen molar-refractivity contribution in [3.8, 4) is 12.3 Å². The number of amides is 1. The first-order valence-electron chi connectivity index (χ1n) is 9.83. The van der Waals surface area contributed by atoms with Gasteiger partial charge in [0.2, 0.25) is 0 Å². The number of terminal acetylenes is 1. The van der Waals surface area contributed by atoms with E-state index in [0.29, 0.717) is 0 Å². The lowest BCUT2D eigenvalue weighted by Gasteiger charge is -2.49. The maximum absolute atomic E-state index is 11.7. The molecular weight excluding hydrogens is 298 g/mol. The molecule has 0 bridgehead atoms. The van der Waals surface area contributed by atoms with E-state index >= 15 is 0 Å². The predicted octanol–water partition coefficient (Wildman–Crippen LogP) is 4.29. The molecule has 0 aromatic rings. The van der Waals surface area contributed by atoms with E-state index in [-0.39, 0.29) is 18.7 Å². The number of alkyl carbamates (subject to hydrolysis) is 1. The minimum atomic E-state index is -0.364. The quantitative estimate of drug-likeness (QED) is 0.607. The van der Waals surface area contributed by atoms with Crippen LogP contribution >= 0.6 is 0 Å². The molecule has 1 amide bonds. The molecule has 0 heterocycles. The van der Waals surface area contributed by atoms with Crippen molar-refractivity contribution in [2.24, 2.45) is 29.6 Å². The minimum Gasteiger partial charge on any atom is -0.446 e. The Morgan fingerprint density at radius 2 is 2.08 bits per heavy atom. The van der Waals surface area contributed by atoms with Crippen molar-refractivity contribution in [2.75, 3.05) is 6.54 Å². The average Bonchev–Trinajstić information content (AvgIpc) is 3.08. The fourth-order valence-electron chi connectivity index (χ4n) is 6.27. The van der Waals surface area contributed by atoms with Gasteiger partial charge in [0, 0.05) is 6.42 Å². The molecule has 0 radical (unpaired) electrons. The summed E-state index contributed by atoms with van der Waals surface area (Å²) in [5.74, 6) is 7.05. The SMILES string of the molecule is C#CCNC(=O)OC1CCC2C(=CCC3C4CCCC4CCC23)C1. The zero-order valence-electron chi connectivity index (χ0n) is 14.5. The van der Waals surface area contributed by atoms with Crippen LogP contribution in [0.4, 0.5) is 4.79 Å². The topological polar surface area (TPSA) is 38.3 Å². The van der Waals surface area contributed by atoms with Gasteiger partial charge in [-0.25, -0.2) is 4.79 Å². The van der Waals surface area contributed by atoms with Gasteiger partial charge in [-0.05, 0) is 68.1 Å². The molecule has 130 valence electrons. The summed E-state index contributed by atoms with van der Waals surface area (Å²) in [6.45, 7) is 0.239. The van der Waals surface area contributed by atoms with Crippen molar-refractivity contribution in [2.45, 2.75) is 63.9 Å². The first-order chi connectivity index (χ1) is 11.8. The molecule has 0 aliphatic heterocycles. The summed E-state index contributed by atoms with van der Waals surface area (Å²) < 4.78 is 5.56. The molecular formula is C21H29NO2. The van der Waals surface area contributed by atoms with Crippen LogP contribution in [0.3, 0.4) is 0 Å². The zero-order chi connectivity index (χ0) is 16.5. The molecule has 0 saturated heterocycles. The van der Waals surface area contributed by atoms with Crippen molar-refractivity contribution in [1.29, 1.82) is 0 Å². The average molecular weight is 327 g/mol. The first kappa shape index (κ1) is 16.1. The Morgan fingerprint density at radius 1 is 1.17 bits per heavy atom. The largest absolute Gasteiger partial charge is 0.446 e. The normalized spacial score (nSPS) is 40.4. The van der Waals surface area contributed by atoms with Gasteiger partial charge in [0.05, 0.1) is 6.54 Å². The molecule has 24 heavy (non-hydrogen) atoms. The van der Waals surface area contributed by atoms with Crippen LogP contribution in [-0.2, 0) is 4.74 Å². The molecule has 3 saturated carbocycles. The van der Waals surface area contributed by atoms with Gasteiger partial charge < -0.3 is 10.1 Å². The Bertz CT molecular complexity index is 561. The molecule has 4 aliphatic carbocycles. The lowest BCUT2D eigenvalue weighted by atomic mass is 9.57. The molecule has 6 unspecified atom stereocenters. The van der Waals surface area contributed by atoms with Crippen molar-refractivity contribution in [1.82, 2.24) is 5.32 Å². The molecule has 4 rings (SSSR count). The van der Waals surface area contributed by atoms with Gasteiger partial charge >= 0.3 is 6.09 Å². The summed E-state index contributed by atoms with van der Waals surface area (Å²) in [5.41, 5.74) is 1.58. The number of hydrogen-bond acceptors (Lipinski definition) is 2. The summed E-state index contributed by atoms with van der Waals surface area (Å²) in [5, 5.41) is 2.61. The molecule has 3 heteroatoms. The highest BCUT2D eigenvalue weighted by Gasteiger charge is 2.47. The van der Waals surface area contributed by atoms with E-state index in [1.807, 2.05) is 0 Å². The van der Waals surface area contributed by atoms with Crippen molar-refractivity contribution in [3.05, 3.63) is 11.6 Å². The number of rotatable bonds is 2. The monoisotopic (exact) mass is 327 g/mol. The van der Waals surface area contributed by atoms with Gasteiger partial charge in [0.25, 0.3) is 0 Å². The van der Waals surface area contributed by atoms with Crippen molar-refractivity contribution >= 4 is 6.09 Å². The van der Waals surface area contributed by atoms with Gasteiger partial charge in [-0.1, -0.05) is 30.4 Å². The van der Waals surface area contributed by atoms with Gasteiger partial charge in [0.15, 0.2) is 0 Å². The summed E-state index contributed by atoms with van der Waals surface area (Å²) in [6.07, 6.45) is 19.1. The van der Waals surface area contributed by atoms with E-state index in [9.17, 15) is 4.79 Å². The number of carbonyl (C=O) groups is 1. The van der Waals surface area contributed by atoms with Crippen LogP contribution < -0.4 is 5.32 Å². The lowest BCUT2D eigenvalue weighted by molar-refractivity contribution is 0.0346. The Labute approximate surface area is 145 Å². The Kier molecular flexibility index (Phi) is 4.57. The smallest absolute Gasteiger partial charge is 0.408 e. The Hall–Kier alpha value is -1.43. The minimum absolute atomic E-state index is 0.0321. The van der Waals surface area contributed by atoms with Crippen molar-refractivity contribution in [3.63, 3.8) is 0 Å². The van der Waals surface area contributed by atoms with E-state index in [0.717, 1.165) is 42.4 Å². The highest BCUT2D eigenvalue weighted by Crippen LogP contribution is 2.56. The zero-order valence-corrected chi connectivity index (χ0v) is 14.5. The van der Waals surface area contributed by atoms with Crippen molar-refractivity contribution < 1.29 is 9.53 Å². The second-order valence-corrected chi connectivity index (χ2v) is 8.25. The summed E-state index contributed by atoms with van der Waals surface area (Å²) in [7, 11) is 0. The van der Waals surface area contributed by atoms with E-state index < -0.39 is 0 Å². The van der Waals surface area contributed by atoms with Crippen LogP contribution in [0.15, 0.2) is 11.6 Å². The summed E-state index contributed by atoms with van der Waals surface area (Å²) >= 11 is 0. The highest BCUT2D eigenvalue weighted by molar-refractivity contribution is 5.67. The van der Waals surface area contributed by atoms with Gasteiger partial charge in [-0.3, -0.25) is 0 Å². The fraction of sp³-hybridized carbons (Fsp3) is 0.762. The Morgan fingerprint density at radius 3 is 2.96 bits per heavy atom. The highest BCUT2D eigenvalue weighted by atomic mass is 16.6. The number of hydrogen-bond donors (Lipinski definition) is 1. The third kappa shape index (κ3) is 2.96. The van der Waals surface area contributed by atoms with Crippen LogP contribution in [0.2, 0.25) is 0 Å². The lowest BCUT2D eigenvalue weighted by Crippen LogP contribution is -2.41. The number of ether oxygens (including phenoxy) is 1. The second kappa shape index (κ2) is 6.82. The molecule has 4 aliphatic rings. The standard InChI is InChI=1S/C21H29NO2/c1-2-12-22-21(23)24-16-8-11-18-15(13-16)7-10-19-17-5-3-4-14(17)6-9-20(18)19/h1,7,14,16-20H,3-6,8-13H2,(H,22,23). The van der Waals surface area contributed by atoms with E-state index in [1.165, 1.54) is 44.9 Å². The number of allylic oxidation sites excluding steroid dienone is 1. The van der Waals surface area contributed by atoms with Crippen LogP contribution in [0.1, 0.15) is 57.8 Å². The summed E-state index contributed by atoms with van der Waals surface area (Å²) in [6, 6.07) is 0. The van der Waals surface area contributed by atoms with E-state index in [1.54, 1.807) is 5.57 Å². The van der Waals surface area contributed by atoms with Crippen LogP contribution in [0.5, 0.6) is 0 Å². The molecule has 3 fully saturated rings. The number of fused-ring (bicyclic) bond motifs is 5. The second-order valence-electron chi connectivity index (χ2n) is 8.25. The molecule has 3 nitrogen and oxygen atoms in total. The maximum atomic E-state index is 11.7. The molecule has 6 atom stereocenters. The number of carbonyl (C=O) groups excluding carboxylic acids is 1. The molecule has 0 aromatic heterocycles. The van der Waals surface area contributed by atoms with Crippen LogP contribution in [0, 0.1) is 41.9 Å².